The Bertz CT molecular complexity index is 575. The van der Waals surface area contributed by atoms with Gasteiger partial charge in [0.25, 0.3) is 0 Å². The Morgan fingerprint density at radius 3 is 2.63 bits per heavy atom. The second kappa shape index (κ2) is 6.03. The molecule has 1 rings (SSSR count). The molecule has 0 aromatic carbocycles. The topological polar surface area (TPSA) is 79.6 Å². The van der Waals surface area contributed by atoms with Crippen molar-refractivity contribution in [2.45, 2.75) is 18.2 Å². The van der Waals surface area contributed by atoms with Crippen LogP contribution >= 0.6 is 0 Å². The van der Waals surface area contributed by atoms with E-state index in [1.54, 1.807) is 0 Å². The van der Waals surface area contributed by atoms with Gasteiger partial charge in [-0.3, -0.25) is 0 Å². The van der Waals surface area contributed by atoms with Crippen LogP contribution in [0.4, 0.5) is 0 Å². The molecule has 0 aliphatic carbocycles. The molecular formula is C12H18N2O4S. The molecule has 0 radical (unpaired) electrons. The van der Waals surface area contributed by atoms with E-state index in [1.165, 1.54) is 34.3 Å². The van der Waals surface area contributed by atoms with E-state index < -0.39 is 16.0 Å². The number of carbonyl (C=O) groups is 1. The van der Waals surface area contributed by atoms with E-state index in [-0.39, 0.29) is 17.1 Å². The average molecular weight is 286 g/mol. The maximum Gasteiger partial charge on any atom is 0.352 e. The third-order valence-corrected chi connectivity index (χ3v) is 4.47. The summed E-state index contributed by atoms with van der Waals surface area (Å²) in [6, 6.07) is 1.17. The number of nitrogens with zero attached hydrogens (tertiary/aromatic N) is 2. The molecule has 0 fully saturated rings. The standard InChI is InChI=1S/C12H18N2O4S/c1-4-6-14(7-5-2)19(17,18)10-8-11(12(15)16)13(3)9-10/h4,8-9H,1,5-7H2,2-3H3,(H,15,16). The summed E-state index contributed by atoms with van der Waals surface area (Å²) in [4.78, 5) is 10.9. The van der Waals surface area contributed by atoms with Crippen molar-refractivity contribution in [1.82, 2.24) is 8.87 Å². The Morgan fingerprint density at radius 2 is 2.21 bits per heavy atom. The van der Waals surface area contributed by atoms with Crippen molar-refractivity contribution in [3.05, 3.63) is 30.6 Å². The van der Waals surface area contributed by atoms with Gasteiger partial charge in [-0.2, -0.15) is 4.31 Å². The van der Waals surface area contributed by atoms with Gasteiger partial charge in [0.15, 0.2) is 0 Å². The first kappa shape index (κ1) is 15.5. The van der Waals surface area contributed by atoms with E-state index in [0.717, 1.165) is 0 Å². The summed E-state index contributed by atoms with van der Waals surface area (Å²) in [6.07, 6.45) is 3.49. The highest BCUT2D eigenvalue weighted by atomic mass is 32.2. The van der Waals surface area contributed by atoms with Gasteiger partial charge >= 0.3 is 5.97 Å². The molecule has 6 nitrogen and oxygen atoms in total. The predicted octanol–water partition coefficient (Wildman–Crippen LogP) is 1.31. The molecule has 0 bridgehead atoms. The van der Waals surface area contributed by atoms with Gasteiger partial charge in [0.05, 0.1) is 0 Å². The highest BCUT2D eigenvalue weighted by Gasteiger charge is 2.26. The Hall–Kier alpha value is -1.60. The fraction of sp³-hybridized carbons (Fsp3) is 0.417. The molecule has 1 N–H and O–H groups in total. The normalized spacial score (nSPS) is 11.7. The van der Waals surface area contributed by atoms with E-state index >= 15 is 0 Å². The number of hydrogen-bond donors (Lipinski definition) is 1. The van der Waals surface area contributed by atoms with Crippen LogP contribution in [0.5, 0.6) is 0 Å². The van der Waals surface area contributed by atoms with E-state index in [2.05, 4.69) is 6.58 Å². The Kier molecular flexibility index (Phi) is 4.90. The number of aromatic nitrogens is 1. The molecule has 0 spiro atoms. The molecule has 7 heteroatoms. The minimum atomic E-state index is -3.68. The molecule has 0 atom stereocenters. The van der Waals surface area contributed by atoms with Crippen LogP contribution in [-0.2, 0) is 17.1 Å². The summed E-state index contributed by atoms with van der Waals surface area (Å²) < 4.78 is 27.3. The van der Waals surface area contributed by atoms with Crippen LogP contribution < -0.4 is 0 Å². The number of sulfonamides is 1. The molecule has 0 saturated carbocycles. The first-order valence-electron chi connectivity index (χ1n) is 5.85. The van der Waals surface area contributed by atoms with E-state index in [9.17, 15) is 13.2 Å². The lowest BCUT2D eigenvalue weighted by Gasteiger charge is -2.18. The van der Waals surface area contributed by atoms with Crippen LogP contribution in [0.3, 0.4) is 0 Å². The summed E-state index contributed by atoms with van der Waals surface area (Å²) in [5.74, 6) is -1.16. The van der Waals surface area contributed by atoms with Crippen molar-refractivity contribution < 1.29 is 18.3 Å². The van der Waals surface area contributed by atoms with Gasteiger partial charge < -0.3 is 9.67 Å². The predicted molar refractivity (Wildman–Crippen MR) is 71.6 cm³/mol. The summed E-state index contributed by atoms with van der Waals surface area (Å²) >= 11 is 0. The van der Waals surface area contributed by atoms with Gasteiger partial charge in [-0.25, -0.2) is 13.2 Å². The minimum Gasteiger partial charge on any atom is -0.477 e. The van der Waals surface area contributed by atoms with E-state index in [1.807, 2.05) is 6.92 Å². The third kappa shape index (κ3) is 3.24. The molecule has 106 valence electrons. The number of aromatic carboxylic acids is 1. The first-order chi connectivity index (χ1) is 8.84. The second-order valence-corrected chi connectivity index (χ2v) is 6.07. The molecule has 1 aromatic rings. The quantitative estimate of drug-likeness (QED) is 0.766. The smallest absolute Gasteiger partial charge is 0.352 e. The van der Waals surface area contributed by atoms with Crippen molar-refractivity contribution in [2.24, 2.45) is 7.05 Å². The number of aryl methyl sites for hydroxylation is 1. The number of carboxylic acids is 1. The monoisotopic (exact) mass is 286 g/mol. The fourth-order valence-electron chi connectivity index (χ4n) is 1.74. The Balaban J connectivity index is 3.21. The maximum absolute atomic E-state index is 12.4. The summed E-state index contributed by atoms with van der Waals surface area (Å²) in [6.45, 7) is 5.98. The molecule has 0 aliphatic rings. The van der Waals surface area contributed by atoms with Gasteiger partial charge in [-0.1, -0.05) is 13.0 Å². The largest absolute Gasteiger partial charge is 0.477 e. The summed E-state index contributed by atoms with van der Waals surface area (Å²) in [5, 5.41) is 8.94. The second-order valence-electron chi connectivity index (χ2n) is 4.13. The van der Waals surface area contributed by atoms with Crippen LogP contribution in [0.15, 0.2) is 29.8 Å². The van der Waals surface area contributed by atoms with Crippen molar-refractivity contribution in [2.75, 3.05) is 13.1 Å². The summed E-state index contributed by atoms with van der Waals surface area (Å²) in [7, 11) is -2.18. The molecular weight excluding hydrogens is 268 g/mol. The van der Waals surface area contributed by atoms with Crippen LogP contribution in [0, 0.1) is 0 Å². The lowest BCUT2D eigenvalue weighted by Crippen LogP contribution is -2.31. The zero-order valence-corrected chi connectivity index (χ0v) is 11.9. The van der Waals surface area contributed by atoms with Gasteiger partial charge in [-0.15, -0.1) is 6.58 Å². The molecule has 1 heterocycles. The molecule has 1 aromatic heterocycles. The molecule has 0 amide bonds. The fourth-order valence-corrected chi connectivity index (χ4v) is 3.31. The number of rotatable bonds is 7. The Morgan fingerprint density at radius 1 is 1.58 bits per heavy atom. The van der Waals surface area contributed by atoms with Gasteiger partial charge in [0, 0.05) is 26.3 Å². The lowest BCUT2D eigenvalue weighted by molar-refractivity contribution is 0.0686. The Labute approximate surface area is 113 Å². The van der Waals surface area contributed by atoms with E-state index in [4.69, 9.17) is 5.11 Å². The van der Waals surface area contributed by atoms with Crippen LogP contribution in [0.1, 0.15) is 23.8 Å². The average Bonchev–Trinajstić information content (AvgIpc) is 2.72. The summed E-state index contributed by atoms with van der Waals surface area (Å²) in [5.41, 5.74) is -0.0615. The third-order valence-electron chi connectivity index (χ3n) is 2.64. The SMILES string of the molecule is C=CCN(CCC)S(=O)(=O)c1cc(C(=O)O)n(C)c1. The zero-order valence-electron chi connectivity index (χ0n) is 11.0. The highest BCUT2D eigenvalue weighted by molar-refractivity contribution is 7.89. The lowest BCUT2D eigenvalue weighted by atomic mass is 10.4. The molecule has 0 unspecified atom stereocenters. The van der Waals surface area contributed by atoms with E-state index in [0.29, 0.717) is 13.0 Å². The van der Waals surface area contributed by atoms with Gasteiger partial charge in [0.1, 0.15) is 10.6 Å². The molecule has 0 saturated heterocycles. The van der Waals surface area contributed by atoms with Crippen LogP contribution in [-0.4, -0.2) is 41.5 Å². The minimum absolute atomic E-state index is 0.0114. The molecule has 0 aliphatic heterocycles. The van der Waals surface area contributed by atoms with Crippen molar-refractivity contribution in [3.8, 4) is 0 Å². The van der Waals surface area contributed by atoms with Crippen LogP contribution in [0.25, 0.3) is 0 Å². The maximum atomic E-state index is 12.4. The van der Waals surface area contributed by atoms with Gasteiger partial charge in [0.2, 0.25) is 10.0 Å². The van der Waals surface area contributed by atoms with Crippen molar-refractivity contribution >= 4 is 16.0 Å². The highest BCUT2D eigenvalue weighted by Crippen LogP contribution is 2.19. The van der Waals surface area contributed by atoms with Crippen LogP contribution in [0.2, 0.25) is 0 Å². The molecule has 19 heavy (non-hydrogen) atoms. The zero-order chi connectivity index (χ0) is 14.6. The van der Waals surface area contributed by atoms with Crippen molar-refractivity contribution in [1.29, 1.82) is 0 Å². The first-order valence-corrected chi connectivity index (χ1v) is 7.29. The van der Waals surface area contributed by atoms with Crippen molar-refractivity contribution in [3.63, 3.8) is 0 Å². The number of carboxylic acid groups (broad SMARTS) is 1. The number of hydrogen-bond acceptors (Lipinski definition) is 3. The van der Waals surface area contributed by atoms with Gasteiger partial charge in [-0.05, 0) is 12.5 Å².